The minimum atomic E-state index is -0.874. The van der Waals surface area contributed by atoms with Gasteiger partial charge in [-0.25, -0.2) is 4.79 Å². The third kappa shape index (κ3) is 6.64. The van der Waals surface area contributed by atoms with Crippen LogP contribution < -0.4 is 16.8 Å². The zero-order valence-corrected chi connectivity index (χ0v) is 13.9. The summed E-state index contributed by atoms with van der Waals surface area (Å²) in [5.41, 5.74) is 13.0. The van der Waals surface area contributed by atoms with Crippen molar-refractivity contribution in [3.63, 3.8) is 0 Å². The molecule has 0 aromatic heterocycles. The molecule has 0 aliphatic heterocycles. The summed E-state index contributed by atoms with van der Waals surface area (Å²) in [4.78, 5) is 23.3. The third-order valence-electron chi connectivity index (χ3n) is 3.73. The molecule has 0 heterocycles. The average Bonchev–Trinajstić information content (AvgIpc) is 2.61. The lowest BCUT2D eigenvalue weighted by Gasteiger charge is -2.21. The first kappa shape index (κ1) is 18.5. The van der Waals surface area contributed by atoms with E-state index in [0.717, 1.165) is 11.1 Å². The van der Waals surface area contributed by atoms with Crippen LogP contribution in [0.25, 0.3) is 0 Å². The Bertz CT molecular complexity index is 677. The van der Waals surface area contributed by atoms with Gasteiger partial charge >= 0.3 is 6.09 Å². The first-order valence-electron chi connectivity index (χ1n) is 8.10. The largest absolute Gasteiger partial charge is 0.448 e. The molecule has 5 N–H and O–H groups in total. The predicted molar refractivity (Wildman–Crippen MR) is 95.7 cm³/mol. The van der Waals surface area contributed by atoms with E-state index in [4.69, 9.17) is 16.2 Å². The van der Waals surface area contributed by atoms with Crippen LogP contribution in [-0.2, 0) is 22.4 Å². The van der Waals surface area contributed by atoms with Crippen molar-refractivity contribution in [1.29, 1.82) is 0 Å². The second-order valence-corrected chi connectivity index (χ2v) is 5.82. The first-order valence-corrected chi connectivity index (χ1v) is 8.10. The van der Waals surface area contributed by atoms with E-state index in [0.29, 0.717) is 12.8 Å². The lowest BCUT2D eigenvalue weighted by molar-refractivity contribution is -0.123. The summed E-state index contributed by atoms with van der Waals surface area (Å²) in [5, 5.41) is 2.84. The number of carbonyl (C=O) groups excluding carboxylic acids is 2. The van der Waals surface area contributed by atoms with Crippen LogP contribution in [0.1, 0.15) is 11.1 Å². The van der Waals surface area contributed by atoms with Crippen molar-refractivity contribution in [3.05, 3.63) is 71.8 Å². The van der Waals surface area contributed by atoms with Crippen LogP contribution in [0.5, 0.6) is 0 Å². The van der Waals surface area contributed by atoms with E-state index in [2.05, 4.69) is 5.32 Å². The van der Waals surface area contributed by atoms with Crippen molar-refractivity contribution in [2.24, 2.45) is 11.5 Å². The normalized spacial score (nSPS) is 12.8. The molecular weight excluding hydrogens is 318 g/mol. The maximum absolute atomic E-state index is 12.4. The van der Waals surface area contributed by atoms with Gasteiger partial charge in [0.15, 0.2) is 0 Å². The van der Waals surface area contributed by atoms with Crippen LogP contribution in [0.2, 0.25) is 0 Å². The van der Waals surface area contributed by atoms with Gasteiger partial charge in [0, 0.05) is 0 Å². The molecule has 0 aliphatic carbocycles. The van der Waals surface area contributed by atoms with Crippen LogP contribution >= 0.6 is 0 Å². The van der Waals surface area contributed by atoms with Gasteiger partial charge in [0.1, 0.15) is 6.61 Å². The van der Waals surface area contributed by atoms with Crippen molar-refractivity contribution in [3.8, 4) is 0 Å². The Kier molecular flexibility index (Phi) is 6.98. The highest BCUT2D eigenvalue weighted by Gasteiger charge is 2.20. The zero-order valence-electron chi connectivity index (χ0n) is 13.9. The number of amides is 2. The summed E-state index contributed by atoms with van der Waals surface area (Å²) in [5.74, 6) is -0.294. The molecule has 0 aliphatic rings. The Morgan fingerprint density at radius 2 is 1.44 bits per heavy atom. The van der Waals surface area contributed by atoms with Crippen LogP contribution in [0.4, 0.5) is 4.79 Å². The SMILES string of the molecule is NC(=O)OC[C@H](Cc1ccccc1)NC(=O)[C@@H](N)Cc1ccccc1. The van der Waals surface area contributed by atoms with E-state index >= 15 is 0 Å². The number of primary amides is 1. The molecule has 6 heteroatoms. The van der Waals surface area contributed by atoms with E-state index < -0.39 is 18.2 Å². The molecule has 2 amide bonds. The molecule has 0 saturated heterocycles. The molecule has 0 saturated carbocycles. The Morgan fingerprint density at radius 3 is 1.96 bits per heavy atom. The van der Waals surface area contributed by atoms with Crippen LogP contribution in [0.15, 0.2) is 60.7 Å². The Labute approximate surface area is 147 Å². The smallest absolute Gasteiger partial charge is 0.404 e. The van der Waals surface area contributed by atoms with E-state index in [9.17, 15) is 9.59 Å². The molecule has 0 radical (unpaired) electrons. The van der Waals surface area contributed by atoms with Gasteiger partial charge in [-0.05, 0) is 24.0 Å². The van der Waals surface area contributed by atoms with E-state index in [1.54, 1.807) is 0 Å². The quantitative estimate of drug-likeness (QED) is 0.674. The van der Waals surface area contributed by atoms with Crippen molar-refractivity contribution in [1.82, 2.24) is 5.32 Å². The minimum absolute atomic E-state index is 0.00593. The molecule has 0 unspecified atom stereocenters. The maximum atomic E-state index is 12.4. The van der Waals surface area contributed by atoms with Gasteiger partial charge in [-0.1, -0.05) is 60.7 Å². The fourth-order valence-electron chi connectivity index (χ4n) is 2.50. The van der Waals surface area contributed by atoms with Crippen molar-refractivity contribution >= 4 is 12.0 Å². The number of carbonyl (C=O) groups is 2. The summed E-state index contributed by atoms with van der Waals surface area (Å²) >= 11 is 0. The molecule has 0 bridgehead atoms. The molecule has 0 fully saturated rings. The van der Waals surface area contributed by atoms with Crippen molar-refractivity contribution in [2.45, 2.75) is 24.9 Å². The minimum Gasteiger partial charge on any atom is -0.448 e. The third-order valence-corrected chi connectivity index (χ3v) is 3.73. The zero-order chi connectivity index (χ0) is 18.1. The number of hydrogen-bond acceptors (Lipinski definition) is 4. The maximum Gasteiger partial charge on any atom is 0.404 e. The molecule has 6 nitrogen and oxygen atoms in total. The highest BCUT2D eigenvalue weighted by molar-refractivity contribution is 5.82. The molecular formula is C19H23N3O3. The number of ether oxygens (including phenoxy) is 1. The average molecular weight is 341 g/mol. The van der Waals surface area contributed by atoms with Gasteiger partial charge in [0.25, 0.3) is 0 Å². The van der Waals surface area contributed by atoms with Crippen molar-refractivity contribution < 1.29 is 14.3 Å². The molecule has 25 heavy (non-hydrogen) atoms. The summed E-state index contributed by atoms with van der Waals surface area (Å²) < 4.78 is 4.86. The standard InChI is InChI=1S/C19H23N3O3/c20-17(12-15-9-5-2-6-10-15)18(23)22-16(13-25-19(21)24)11-14-7-3-1-4-8-14/h1-10,16-17H,11-13,20H2,(H2,21,24)(H,22,23)/t16-,17-/m0/s1. The number of hydrogen-bond donors (Lipinski definition) is 3. The predicted octanol–water partition coefficient (Wildman–Crippen LogP) is 1.38. The molecule has 132 valence electrons. The topological polar surface area (TPSA) is 107 Å². The molecule has 2 atom stereocenters. The molecule has 2 rings (SSSR count). The number of benzene rings is 2. The van der Waals surface area contributed by atoms with Crippen LogP contribution in [0, 0.1) is 0 Å². The fraction of sp³-hybridized carbons (Fsp3) is 0.263. The van der Waals surface area contributed by atoms with Crippen LogP contribution in [-0.4, -0.2) is 30.7 Å². The number of nitrogens with one attached hydrogen (secondary N) is 1. The summed E-state index contributed by atoms with van der Waals surface area (Å²) in [6, 6.07) is 18.1. The summed E-state index contributed by atoms with van der Waals surface area (Å²) in [7, 11) is 0. The van der Waals surface area contributed by atoms with Gasteiger partial charge in [-0.15, -0.1) is 0 Å². The summed E-state index contributed by atoms with van der Waals surface area (Å²) in [6.45, 7) is -0.00593. The highest BCUT2D eigenvalue weighted by Crippen LogP contribution is 2.06. The second kappa shape index (κ2) is 9.44. The van der Waals surface area contributed by atoms with Gasteiger partial charge < -0.3 is 21.5 Å². The van der Waals surface area contributed by atoms with Crippen molar-refractivity contribution in [2.75, 3.05) is 6.61 Å². The van der Waals surface area contributed by atoms with Gasteiger partial charge in [0.05, 0.1) is 12.1 Å². The van der Waals surface area contributed by atoms with E-state index in [1.807, 2.05) is 60.7 Å². The Hall–Kier alpha value is -2.86. The van der Waals surface area contributed by atoms with Gasteiger partial charge in [-0.3, -0.25) is 4.79 Å². The van der Waals surface area contributed by atoms with E-state index in [-0.39, 0.29) is 12.5 Å². The van der Waals surface area contributed by atoms with Crippen LogP contribution in [0.3, 0.4) is 0 Å². The number of nitrogens with two attached hydrogens (primary N) is 2. The Morgan fingerprint density at radius 1 is 0.920 bits per heavy atom. The second-order valence-electron chi connectivity index (χ2n) is 5.82. The van der Waals surface area contributed by atoms with Gasteiger partial charge in [-0.2, -0.15) is 0 Å². The monoisotopic (exact) mass is 341 g/mol. The summed E-state index contributed by atoms with van der Waals surface area (Å²) in [6.07, 6.45) is 0.0696. The van der Waals surface area contributed by atoms with Gasteiger partial charge in [0.2, 0.25) is 5.91 Å². The highest BCUT2D eigenvalue weighted by atomic mass is 16.5. The van der Waals surface area contributed by atoms with E-state index in [1.165, 1.54) is 0 Å². The fourth-order valence-corrected chi connectivity index (χ4v) is 2.50. The first-order chi connectivity index (χ1) is 12.0. The molecule has 0 spiro atoms. The molecule has 2 aromatic carbocycles. The number of rotatable bonds is 8. The molecule has 2 aromatic rings. The lowest BCUT2D eigenvalue weighted by Crippen LogP contribution is -2.49. The Balaban J connectivity index is 1.96. The lowest BCUT2D eigenvalue weighted by atomic mass is 10.0.